The number of carboxylic acid groups (broad SMARTS) is 1. The Kier molecular flexibility index (Phi) is 10.3. The van der Waals surface area contributed by atoms with Crippen molar-refractivity contribution in [1.82, 2.24) is 15.5 Å². The number of hydrogen-bond donors (Lipinski definition) is 3. The second-order valence-corrected chi connectivity index (χ2v) is 7.90. The fraction of sp³-hybridized carbons (Fsp3) is 0.250. The standard InChI is InChI=1S/C24H22F3N3O7.Na.H/c1-30-10-9-18(31)21(22(30)34)29-23(35)28-17(12-20(32)33)14-5-8-19(36-2)16(11-14)13-3-6-15(7-4-13)37-24(25,26)27;;/h3-11,17,21H,12H2,1-2H3,(H,32,33)(H2,28,29,35);;/q;+1;-1. The summed E-state index contributed by atoms with van der Waals surface area (Å²) in [6.07, 6.45) is -3.02. The number of hydrogen-bond acceptors (Lipinski definition) is 6. The van der Waals surface area contributed by atoms with E-state index >= 15 is 0 Å². The number of rotatable bonds is 8. The number of halogens is 3. The maximum atomic E-state index is 12.6. The summed E-state index contributed by atoms with van der Waals surface area (Å²) in [6, 6.07) is 5.95. The van der Waals surface area contributed by atoms with Gasteiger partial charge in [-0.2, -0.15) is 0 Å². The van der Waals surface area contributed by atoms with Gasteiger partial charge in [-0.15, -0.1) is 13.2 Å². The van der Waals surface area contributed by atoms with Crippen LogP contribution in [0.2, 0.25) is 0 Å². The predicted octanol–water partition coefficient (Wildman–Crippen LogP) is 0.116. The second kappa shape index (κ2) is 12.8. The van der Waals surface area contributed by atoms with Gasteiger partial charge in [-0.1, -0.05) is 18.2 Å². The fourth-order valence-electron chi connectivity index (χ4n) is 3.58. The topological polar surface area (TPSA) is 134 Å². The van der Waals surface area contributed by atoms with E-state index in [2.05, 4.69) is 15.4 Å². The van der Waals surface area contributed by atoms with E-state index in [1.54, 1.807) is 0 Å². The van der Waals surface area contributed by atoms with E-state index < -0.39 is 54.3 Å². The van der Waals surface area contributed by atoms with E-state index in [1.165, 1.54) is 50.7 Å². The molecule has 2 aromatic rings. The third-order valence-electron chi connectivity index (χ3n) is 5.33. The Balaban J connectivity index is 0.00000380. The summed E-state index contributed by atoms with van der Waals surface area (Å²) in [5.41, 5.74) is 1.16. The number of nitrogens with one attached hydrogen (secondary N) is 2. The largest absolute Gasteiger partial charge is 1.00 e. The summed E-state index contributed by atoms with van der Waals surface area (Å²) in [5.74, 6) is -2.65. The summed E-state index contributed by atoms with van der Waals surface area (Å²) in [6.45, 7) is 0. The molecule has 3 rings (SSSR count). The fourth-order valence-corrected chi connectivity index (χ4v) is 3.58. The van der Waals surface area contributed by atoms with E-state index in [9.17, 15) is 37.5 Å². The van der Waals surface area contributed by atoms with Crippen molar-refractivity contribution in [2.45, 2.75) is 24.9 Å². The Morgan fingerprint density at radius 1 is 1.16 bits per heavy atom. The molecule has 0 saturated carbocycles. The quantitative estimate of drug-likeness (QED) is 0.317. The summed E-state index contributed by atoms with van der Waals surface area (Å²) >= 11 is 0. The number of carbonyl (C=O) groups is 4. The van der Waals surface area contributed by atoms with Crippen LogP contribution in [0.4, 0.5) is 18.0 Å². The Bertz CT molecular complexity index is 1240. The molecule has 2 atom stereocenters. The number of ketones is 1. The number of ether oxygens (including phenoxy) is 2. The Morgan fingerprint density at radius 2 is 1.82 bits per heavy atom. The van der Waals surface area contributed by atoms with Crippen LogP contribution in [0.1, 0.15) is 19.5 Å². The first-order chi connectivity index (χ1) is 17.4. The van der Waals surface area contributed by atoms with E-state index in [4.69, 9.17) is 4.74 Å². The molecule has 1 aliphatic rings. The third-order valence-corrected chi connectivity index (χ3v) is 5.33. The van der Waals surface area contributed by atoms with Crippen LogP contribution in [0.3, 0.4) is 0 Å². The third kappa shape index (κ3) is 7.97. The predicted molar refractivity (Wildman–Crippen MR) is 124 cm³/mol. The average molecular weight is 545 g/mol. The van der Waals surface area contributed by atoms with Gasteiger partial charge < -0.3 is 31.5 Å². The van der Waals surface area contributed by atoms with Crippen molar-refractivity contribution in [2.75, 3.05) is 14.2 Å². The van der Waals surface area contributed by atoms with Gasteiger partial charge in [-0.3, -0.25) is 14.4 Å². The minimum absolute atomic E-state index is 0. The monoisotopic (exact) mass is 545 g/mol. The molecule has 1 aliphatic heterocycles. The molecule has 0 saturated heterocycles. The molecule has 2 unspecified atom stereocenters. The first-order valence-corrected chi connectivity index (χ1v) is 10.7. The van der Waals surface area contributed by atoms with E-state index in [1.807, 2.05) is 0 Å². The number of methoxy groups -OCH3 is 1. The molecular formula is C24H23F3N3NaO7. The molecule has 0 aromatic heterocycles. The molecule has 0 spiro atoms. The van der Waals surface area contributed by atoms with Crippen molar-refractivity contribution in [3.05, 3.63) is 60.3 Å². The van der Waals surface area contributed by atoms with Gasteiger partial charge in [0.05, 0.1) is 19.6 Å². The zero-order valence-electron chi connectivity index (χ0n) is 21.5. The number of nitrogens with zero attached hydrogens (tertiary/aromatic N) is 1. The van der Waals surface area contributed by atoms with Crippen LogP contribution >= 0.6 is 0 Å². The molecule has 3 N–H and O–H groups in total. The Morgan fingerprint density at radius 3 is 2.39 bits per heavy atom. The second-order valence-electron chi connectivity index (χ2n) is 7.90. The van der Waals surface area contributed by atoms with Crippen molar-refractivity contribution in [2.24, 2.45) is 0 Å². The van der Waals surface area contributed by atoms with Crippen LogP contribution < -0.4 is 49.7 Å². The van der Waals surface area contributed by atoms with Crippen molar-refractivity contribution in [1.29, 1.82) is 0 Å². The zero-order chi connectivity index (χ0) is 27.3. The number of alkyl halides is 3. The van der Waals surface area contributed by atoms with Gasteiger partial charge in [0.1, 0.15) is 11.5 Å². The van der Waals surface area contributed by atoms with Crippen LogP contribution in [0.15, 0.2) is 54.7 Å². The molecule has 198 valence electrons. The minimum Gasteiger partial charge on any atom is -1.00 e. The number of likely N-dealkylation sites (N-methyl/N-ethyl adjacent to an activating group) is 1. The first kappa shape index (κ1) is 30.7. The molecule has 2 aromatic carbocycles. The number of aliphatic carboxylic acids is 1. The van der Waals surface area contributed by atoms with Crippen molar-refractivity contribution >= 4 is 23.7 Å². The summed E-state index contributed by atoms with van der Waals surface area (Å²) in [4.78, 5) is 49.5. The molecule has 0 radical (unpaired) electrons. The van der Waals surface area contributed by atoms with Crippen LogP contribution in [-0.2, 0) is 14.4 Å². The van der Waals surface area contributed by atoms with Crippen LogP contribution in [0.25, 0.3) is 11.1 Å². The van der Waals surface area contributed by atoms with Gasteiger partial charge in [-0.05, 0) is 35.4 Å². The van der Waals surface area contributed by atoms with Gasteiger partial charge in [0.15, 0.2) is 11.8 Å². The van der Waals surface area contributed by atoms with Gasteiger partial charge in [0.2, 0.25) is 0 Å². The molecule has 1 heterocycles. The summed E-state index contributed by atoms with van der Waals surface area (Å²) < 4.78 is 46.6. The molecule has 0 bridgehead atoms. The number of amides is 3. The van der Waals surface area contributed by atoms with Gasteiger partial charge >= 0.3 is 47.9 Å². The molecule has 10 nitrogen and oxygen atoms in total. The number of carbonyl (C=O) groups excluding carboxylic acids is 3. The van der Waals surface area contributed by atoms with Crippen molar-refractivity contribution in [3.8, 4) is 22.6 Å². The van der Waals surface area contributed by atoms with Crippen LogP contribution in [0, 0.1) is 0 Å². The smallest absolute Gasteiger partial charge is 1.00 e. The van der Waals surface area contributed by atoms with Crippen molar-refractivity contribution < 1.29 is 77.9 Å². The molecule has 0 fully saturated rings. The number of benzene rings is 2. The molecule has 3 amide bonds. The molecule has 14 heteroatoms. The van der Waals surface area contributed by atoms with Gasteiger partial charge in [-0.25, -0.2) is 4.79 Å². The summed E-state index contributed by atoms with van der Waals surface area (Å²) in [7, 11) is 2.79. The van der Waals surface area contributed by atoms with E-state index in [-0.39, 0.29) is 31.0 Å². The summed E-state index contributed by atoms with van der Waals surface area (Å²) in [5, 5.41) is 14.1. The van der Waals surface area contributed by atoms with Crippen LogP contribution in [-0.4, -0.2) is 60.3 Å². The van der Waals surface area contributed by atoms with E-state index in [0.29, 0.717) is 22.4 Å². The maximum Gasteiger partial charge on any atom is 1.00 e. The number of urea groups is 1. The molecular weight excluding hydrogens is 522 g/mol. The first-order valence-electron chi connectivity index (χ1n) is 10.7. The van der Waals surface area contributed by atoms with Crippen molar-refractivity contribution in [3.63, 3.8) is 0 Å². The Labute approximate surface area is 238 Å². The average Bonchev–Trinajstić information content (AvgIpc) is 2.82. The Hall–Kier alpha value is -3.55. The molecule has 0 aliphatic carbocycles. The van der Waals surface area contributed by atoms with Gasteiger partial charge in [0.25, 0.3) is 5.91 Å². The maximum absolute atomic E-state index is 12.6. The number of carboxylic acids is 1. The minimum atomic E-state index is -4.85. The SMILES string of the molecule is COc1ccc(C(CC(=O)O)NC(=O)NC2C(=O)C=CN(C)C2=O)cc1-c1ccc(OC(F)(F)F)cc1.[H-].[Na+]. The molecule has 38 heavy (non-hydrogen) atoms. The normalized spacial score (nSPS) is 15.8. The van der Waals surface area contributed by atoms with Crippen LogP contribution in [0.5, 0.6) is 11.5 Å². The zero-order valence-corrected chi connectivity index (χ0v) is 22.5. The van der Waals surface area contributed by atoms with E-state index in [0.717, 1.165) is 23.1 Å². The van der Waals surface area contributed by atoms with Gasteiger partial charge in [0, 0.05) is 24.9 Å².